The van der Waals surface area contributed by atoms with Crippen molar-refractivity contribution in [1.29, 1.82) is 0 Å². The zero-order chi connectivity index (χ0) is 23.0. The molecule has 0 unspecified atom stereocenters. The van der Waals surface area contributed by atoms with Gasteiger partial charge < -0.3 is 14.6 Å². The van der Waals surface area contributed by atoms with Gasteiger partial charge in [0.25, 0.3) is 5.91 Å². The highest BCUT2D eigenvalue weighted by atomic mass is 19.4. The molecule has 31 heavy (non-hydrogen) atoms. The summed E-state index contributed by atoms with van der Waals surface area (Å²) < 4.78 is 81.4. The molecule has 1 aromatic carbocycles. The fourth-order valence-electron chi connectivity index (χ4n) is 2.99. The summed E-state index contributed by atoms with van der Waals surface area (Å²) in [6.07, 6.45) is -7.86. The monoisotopic (exact) mass is 445 g/mol. The van der Waals surface area contributed by atoms with E-state index in [1.54, 1.807) is 14.0 Å². The number of aryl methyl sites for hydroxylation is 1. The maximum atomic E-state index is 12.9. The van der Waals surface area contributed by atoms with Crippen molar-refractivity contribution in [2.24, 2.45) is 7.05 Å². The highest BCUT2D eigenvalue weighted by Gasteiger charge is 2.31. The maximum absolute atomic E-state index is 12.9. The number of carbonyl (C=O) groups excluding carboxylic acids is 1. The molecule has 0 aliphatic rings. The Hall–Kier alpha value is -3.24. The third-order valence-electron chi connectivity index (χ3n) is 4.56. The molecule has 1 N–H and O–H groups in total. The van der Waals surface area contributed by atoms with Crippen LogP contribution in [0.3, 0.4) is 0 Å². The lowest BCUT2D eigenvalue weighted by Gasteiger charge is -2.15. The molecule has 1 atom stereocenters. The van der Waals surface area contributed by atoms with E-state index in [1.165, 1.54) is 28.8 Å². The first-order chi connectivity index (χ1) is 14.3. The number of alkyl halides is 6. The number of hydrogen-bond acceptors (Lipinski definition) is 3. The molecule has 0 aliphatic heterocycles. The largest absolute Gasteiger partial charge is 0.483 e. The molecule has 2 aromatic heterocycles. The summed E-state index contributed by atoms with van der Waals surface area (Å²) in [5.41, 5.74) is 0.148. The lowest BCUT2D eigenvalue weighted by molar-refractivity contribution is -0.153. The van der Waals surface area contributed by atoms with E-state index in [0.29, 0.717) is 11.2 Å². The van der Waals surface area contributed by atoms with Crippen LogP contribution in [-0.4, -0.2) is 28.2 Å². The van der Waals surface area contributed by atoms with Gasteiger partial charge in [-0.05, 0) is 43.3 Å². The number of benzene rings is 1. The molecule has 1 amide bonds. The summed E-state index contributed by atoms with van der Waals surface area (Å²) >= 11 is 0. The van der Waals surface area contributed by atoms with Crippen LogP contribution < -0.4 is 10.1 Å². The van der Waals surface area contributed by atoms with Crippen LogP contribution in [0.5, 0.6) is 5.75 Å². The van der Waals surface area contributed by atoms with Crippen LogP contribution in [-0.2, 0) is 13.2 Å². The number of carbonyl (C=O) groups is 1. The predicted molar refractivity (Wildman–Crippen MR) is 99.6 cm³/mol. The van der Waals surface area contributed by atoms with Gasteiger partial charge in [0, 0.05) is 18.0 Å². The van der Waals surface area contributed by atoms with Crippen molar-refractivity contribution in [2.45, 2.75) is 25.3 Å². The molecule has 11 heteroatoms. The van der Waals surface area contributed by atoms with E-state index in [4.69, 9.17) is 0 Å². The van der Waals surface area contributed by atoms with E-state index >= 15 is 0 Å². The van der Waals surface area contributed by atoms with Crippen LogP contribution in [0, 0.1) is 0 Å². The second-order valence-corrected chi connectivity index (χ2v) is 6.88. The Kier molecular flexibility index (Phi) is 5.88. The number of halogens is 6. The van der Waals surface area contributed by atoms with Gasteiger partial charge in [0.15, 0.2) is 6.61 Å². The number of nitrogens with one attached hydrogen (secondary N) is 1. The normalized spacial score (nSPS) is 13.3. The van der Waals surface area contributed by atoms with Crippen molar-refractivity contribution < 1.29 is 35.9 Å². The van der Waals surface area contributed by atoms with Crippen LogP contribution >= 0.6 is 0 Å². The summed E-state index contributed by atoms with van der Waals surface area (Å²) in [6, 6.07) is 6.65. The lowest BCUT2D eigenvalue weighted by atomic mass is 10.1. The number of fused-ring (bicyclic) bond motifs is 1. The summed E-state index contributed by atoms with van der Waals surface area (Å²) in [6.45, 7) is 0.165. The number of ether oxygens (including phenoxy) is 1. The Morgan fingerprint density at radius 2 is 1.84 bits per heavy atom. The molecular formula is C20H17F6N3O2. The predicted octanol–water partition coefficient (Wildman–Crippen LogP) is 5.02. The zero-order valence-electron chi connectivity index (χ0n) is 16.3. The highest BCUT2D eigenvalue weighted by molar-refractivity contribution is 5.99. The molecule has 0 spiro atoms. The molecule has 0 bridgehead atoms. The van der Waals surface area contributed by atoms with Gasteiger partial charge in [-0.3, -0.25) is 9.78 Å². The maximum Gasteiger partial charge on any atom is 0.422 e. The average molecular weight is 445 g/mol. The van der Waals surface area contributed by atoms with Gasteiger partial charge >= 0.3 is 12.4 Å². The highest BCUT2D eigenvalue weighted by Crippen LogP contribution is 2.32. The van der Waals surface area contributed by atoms with Crippen LogP contribution in [0.15, 0.2) is 42.6 Å². The minimum atomic E-state index is -4.50. The Bertz CT molecular complexity index is 1090. The summed E-state index contributed by atoms with van der Waals surface area (Å²) in [5, 5.41) is 2.93. The van der Waals surface area contributed by atoms with Crippen LogP contribution in [0.4, 0.5) is 26.3 Å². The van der Waals surface area contributed by atoms with E-state index in [1.807, 2.05) is 0 Å². The first-order valence-electron chi connectivity index (χ1n) is 8.98. The van der Waals surface area contributed by atoms with Gasteiger partial charge in [0.1, 0.15) is 11.4 Å². The van der Waals surface area contributed by atoms with Gasteiger partial charge in [-0.1, -0.05) is 0 Å². The zero-order valence-corrected chi connectivity index (χ0v) is 16.3. The molecule has 3 rings (SSSR count). The Balaban J connectivity index is 1.73. The lowest BCUT2D eigenvalue weighted by Crippen LogP contribution is -2.28. The number of rotatable bonds is 5. The minimum absolute atomic E-state index is 0.0752. The third-order valence-corrected chi connectivity index (χ3v) is 4.56. The van der Waals surface area contributed by atoms with Gasteiger partial charge in [-0.2, -0.15) is 26.3 Å². The first kappa shape index (κ1) is 22.4. The van der Waals surface area contributed by atoms with Crippen molar-refractivity contribution in [3.8, 4) is 5.75 Å². The fourth-order valence-corrected chi connectivity index (χ4v) is 2.99. The standard InChI is InChI=1S/C20H17F6N3O2/c1-11(15-5-4-14(9-27-15)31-10-19(21,22)23)28-18(30)17-8-12-7-13(20(24,25)26)3-6-16(12)29(17)2/h3-9,11H,10H2,1-2H3,(H,28,30)/t11-/m1/s1. The molecule has 0 saturated carbocycles. The number of amides is 1. The molecular weight excluding hydrogens is 428 g/mol. The molecule has 0 aliphatic carbocycles. The third kappa shape index (κ3) is 5.28. The quantitative estimate of drug-likeness (QED) is 0.561. The Labute approximate surface area is 172 Å². The number of hydrogen-bond donors (Lipinski definition) is 1. The summed E-state index contributed by atoms with van der Waals surface area (Å²) in [4.78, 5) is 16.6. The molecule has 0 radical (unpaired) electrons. The fraction of sp³-hybridized carbons (Fsp3) is 0.300. The van der Waals surface area contributed by atoms with Gasteiger partial charge in [0.2, 0.25) is 0 Å². The number of pyridine rings is 1. The molecule has 166 valence electrons. The van der Waals surface area contributed by atoms with Gasteiger partial charge in [-0.25, -0.2) is 0 Å². The minimum Gasteiger partial charge on any atom is -0.483 e. The van der Waals surface area contributed by atoms with Crippen molar-refractivity contribution in [2.75, 3.05) is 6.61 Å². The summed E-state index contributed by atoms with van der Waals surface area (Å²) in [7, 11) is 1.56. The van der Waals surface area contributed by atoms with Crippen LogP contribution in [0.25, 0.3) is 10.9 Å². The van der Waals surface area contributed by atoms with Crippen molar-refractivity contribution in [1.82, 2.24) is 14.9 Å². The van der Waals surface area contributed by atoms with Crippen LogP contribution in [0.2, 0.25) is 0 Å². The average Bonchev–Trinajstić information content (AvgIpc) is 3.02. The Morgan fingerprint density at radius 1 is 1.13 bits per heavy atom. The van der Waals surface area contributed by atoms with Gasteiger partial charge in [0.05, 0.1) is 23.5 Å². The number of aromatic nitrogens is 2. The topological polar surface area (TPSA) is 56.2 Å². The smallest absolute Gasteiger partial charge is 0.422 e. The van der Waals surface area contributed by atoms with Crippen LogP contribution in [0.1, 0.15) is 34.7 Å². The van der Waals surface area contributed by atoms with E-state index in [2.05, 4.69) is 15.0 Å². The van der Waals surface area contributed by atoms with E-state index in [0.717, 1.165) is 18.3 Å². The van der Waals surface area contributed by atoms with E-state index in [-0.39, 0.29) is 16.8 Å². The van der Waals surface area contributed by atoms with E-state index < -0.39 is 36.5 Å². The first-order valence-corrected chi connectivity index (χ1v) is 8.98. The SMILES string of the molecule is C[C@@H](NC(=O)c1cc2cc(C(F)(F)F)ccc2n1C)c1ccc(OCC(F)(F)F)cn1. The van der Waals surface area contributed by atoms with Gasteiger partial charge in [-0.15, -0.1) is 0 Å². The molecule has 2 heterocycles. The molecule has 5 nitrogen and oxygen atoms in total. The Morgan fingerprint density at radius 3 is 2.42 bits per heavy atom. The van der Waals surface area contributed by atoms with Crippen molar-refractivity contribution in [3.63, 3.8) is 0 Å². The molecule has 0 fully saturated rings. The van der Waals surface area contributed by atoms with Crippen molar-refractivity contribution in [3.05, 3.63) is 59.5 Å². The second kappa shape index (κ2) is 8.12. The molecule has 0 saturated heterocycles. The van der Waals surface area contributed by atoms with Crippen molar-refractivity contribution >= 4 is 16.8 Å². The van der Waals surface area contributed by atoms with E-state index in [9.17, 15) is 31.1 Å². The molecule has 3 aromatic rings. The second-order valence-electron chi connectivity index (χ2n) is 6.88. The summed E-state index contributed by atoms with van der Waals surface area (Å²) in [5.74, 6) is -0.618. The number of nitrogens with zero attached hydrogens (tertiary/aromatic N) is 2.